The Labute approximate surface area is 131 Å². The van der Waals surface area contributed by atoms with Gasteiger partial charge in [-0.15, -0.1) is 0 Å². The van der Waals surface area contributed by atoms with E-state index in [1.54, 1.807) is 0 Å². The second kappa shape index (κ2) is 6.03. The van der Waals surface area contributed by atoms with Crippen LogP contribution in [0.1, 0.15) is 10.4 Å². The summed E-state index contributed by atoms with van der Waals surface area (Å²) in [5.41, 5.74) is -0.00245. The number of carbonyl (C=O) groups excluding carboxylic acids is 1. The highest BCUT2D eigenvalue weighted by Gasteiger charge is 2.16. The number of hydrogen-bond donors (Lipinski definition) is 1. The molecule has 2 aromatic rings. The predicted molar refractivity (Wildman–Crippen MR) is 76.3 cm³/mol. The predicted octanol–water partition coefficient (Wildman–Crippen LogP) is 4.68. The molecule has 1 aromatic carbocycles. The molecule has 20 heavy (non-hydrogen) atoms. The summed E-state index contributed by atoms with van der Waals surface area (Å²) in [5, 5.41) is 2.25. The number of hydrogen-bond acceptors (Lipinski definition) is 2. The van der Waals surface area contributed by atoms with Crippen molar-refractivity contribution in [2.75, 3.05) is 5.32 Å². The van der Waals surface area contributed by atoms with Crippen LogP contribution in [0.2, 0.25) is 10.2 Å². The Morgan fingerprint density at radius 3 is 2.55 bits per heavy atom. The average molecular weight is 382 g/mol. The van der Waals surface area contributed by atoms with Gasteiger partial charge in [-0.1, -0.05) is 23.2 Å². The van der Waals surface area contributed by atoms with E-state index in [0.717, 1.165) is 24.4 Å². The van der Waals surface area contributed by atoms with Crippen molar-refractivity contribution in [2.45, 2.75) is 0 Å². The van der Waals surface area contributed by atoms with E-state index in [4.69, 9.17) is 23.2 Å². The molecule has 3 nitrogen and oxygen atoms in total. The molecule has 0 fully saturated rings. The van der Waals surface area contributed by atoms with Crippen LogP contribution >= 0.6 is 39.1 Å². The summed E-state index contributed by atoms with van der Waals surface area (Å²) in [6.07, 6.45) is 0.889. The molecule has 0 radical (unpaired) electrons. The lowest BCUT2D eigenvalue weighted by molar-refractivity contribution is 0.102. The van der Waals surface area contributed by atoms with Crippen LogP contribution in [0, 0.1) is 11.6 Å². The van der Waals surface area contributed by atoms with Gasteiger partial charge in [0, 0.05) is 4.47 Å². The van der Waals surface area contributed by atoms with Crippen molar-refractivity contribution in [3.63, 3.8) is 0 Å². The maximum absolute atomic E-state index is 13.1. The molecule has 0 aliphatic rings. The van der Waals surface area contributed by atoms with Crippen molar-refractivity contribution in [3.05, 3.63) is 56.2 Å². The molecule has 104 valence electrons. The van der Waals surface area contributed by atoms with Gasteiger partial charge in [-0.05, 0) is 34.1 Å². The molecule has 2 rings (SSSR count). The largest absolute Gasteiger partial charge is 0.320 e. The molecule has 0 aliphatic heterocycles. The van der Waals surface area contributed by atoms with E-state index in [1.165, 1.54) is 0 Å². The summed E-state index contributed by atoms with van der Waals surface area (Å²) >= 11 is 14.6. The van der Waals surface area contributed by atoms with Gasteiger partial charge in [-0.25, -0.2) is 13.8 Å². The summed E-state index contributed by atoms with van der Waals surface area (Å²) in [4.78, 5) is 15.5. The van der Waals surface area contributed by atoms with E-state index in [1.807, 2.05) is 0 Å². The summed E-state index contributed by atoms with van der Waals surface area (Å²) in [6.45, 7) is 0. The molecule has 1 N–H and O–H groups in total. The van der Waals surface area contributed by atoms with Gasteiger partial charge >= 0.3 is 0 Å². The van der Waals surface area contributed by atoms with Gasteiger partial charge in [-0.3, -0.25) is 4.79 Å². The third-order valence-corrected chi connectivity index (χ3v) is 3.52. The van der Waals surface area contributed by atoms with Crippen LogP contribution in [0.3, 0.4) is 0 Å². The van der Waals surface area contributed by atoms with Gasteiger partial charge < -0.3 is 5.32 Å². The highest BCUT2D eigenvalue weighted by molar-refractivity contribution is 9.10. The molecule has 0 saturated carbocycles. The summed E-state index contributed by atoms with van der Waals surface area (Å²) < 4.78 is 26.4. The van der Waals surface area contributed by atoms with Gasteiger partial charge in [-0.2, -0.15) is 0 Å². The monoisotopic (exact) mass is 380 g/mol. The topological polar surface area (TPSA) is 42.0 Å². The highest BCUT2D eigenvalue weighted by atomic mass is 79.9. The molecule has 0 saturated heterocycles. The number of carbonyl (C=O) groups is 1. The van der Waals surface area contributed by atoms with E-state index < -0.39 is 17.5 Å². The Bertz CT molecular complexity index is 674. The number of aromatic nitrogens is 1. The Balaban J connectivity index is 2.35. The number of rotatable bonds is 2. The van der Waals surface area contributed by atoms with Gasteiger partial charge in [0.15, 0.2) is 0 Å². The first kappa shape index (κ1) is 15.2. The molecule has 1 amide bonds. The second-order valence-corrected chi connectivity index (χ2v) is 5.31. The van der Waals surface area contributed by atoms with E-state index in [2.05, 4.69) is 26.2 Å². The number of pyridine rings is 1. The van der Waals surface area contributed by atoms with Crippen molar-refractivity contribution in [2.24, 2.45) is 0 Å². The third-order valence-electron chi connectivity index (χ3n) is 2.30. The third kappa shape index (κ3) is 3.26. The quantitative estimate of drug-likeness (QED) is 0.767. The summed E-state index contributed by atoms with van der Waals surface area (Å²) in [5.74, 6) is -1.98. The van der Waals surface area contributed by atoms with Crippen LogP contribution in [0.5, 0.6) is 0 Å². The first-order chi connectivity index (χ1) is 9.38. The normalized spacial score (nSPS) is 10.4. The molecule has 1 aromatic heterocycles. The van der Waals surface area contributed by atoms with Crippen molar-refractivity contribution < 1.29 is 13.6 Å². The minimum absolute atomic E-state index is 0.00860. The number of halogens is 5. The van der Waals surface area contributed by atoms with E-state index in [-0.39, 0.29) is 25.9 Å². The number of benzene rings is 1. The fourth-order valence-electron chi connectivity index (χ4n) is 1.42. The van der Waals surface area contributed by atoms with Crippen LogP contribution in [0.4, 0.5) is 14.5 Å². The Hall–Kier alpha value is -1.24. The maximum Gasteiger partial charge on any atom is 0.258 e. The molecule has 0 spiro atoms. The lowest BCUT2D eigenvalue weighted by Crippen LogP contribution is -2.14. The minimum atomic E-state index is -0.712. The van der Waals surface area contributed by atoms with Crippen molar-refractivity contribution in [1.82, 2.24) is 4.98 Å². The molecular formula is C12H5BrCl2F2N2O. The minimum Gasteiger partial charge on any atom is -0.320 e. The average Bonchev–Trinajstić information content (AvgIpc) is 2.36. The molecule has 0 unspecified atom stereocenters. The molecular weight excluding hydrogens is 377 g/mol. The van der Waals surface area contributed by atoms with E-state index in [0.29, 0.717) is 0 Å². The molecule has 0 atom stereocenters. The number of nitrogens with one attached hydrogen (secondary N) is 1. The Morgan fingerprint density at radius 1 is 1.20 bits per heavy atom. The molecule has 0 bridgehead atoms. The summed E-state index contributed by atoms with van der Waals surface area (Å²) in [7, 11) is 0. The van der Waals surface area contributed by atoms with Crippen molar-refractivity contribution >= 4 is 50.7 Å². The van der Waals surface area contributed by atoms with Crippen LogP contribution < -0.4 is 5.32 Å². The Kier molecular flexibility index (Phi) is 4.57. The lowest BCUT2D eigenvalue weighted by atomic mass is 10.2. The fourth-order valence-corrected chi connectivity index (χ4v) is 2.51. The second-order valence-electron chi connectivity index (χ2n) is 3.69. The lowest BCUT2D eigenvalue weighted by Gasteiger charge is -2.10. The zero-order valence-electron chi connectivity index (χ0n) is 9.55. The summed E-state index contributed by atoms with van der Waals surface area (Å²) in [6, 6.07) is 3.11. The van der Waals surface area contributed by atoms with Gasteiger partial charge in [0.05, 0.1) is 22.5 Å². The Morgan fingerprint density at radius 2 is 1.90 bits per heavy atom. The molecule has 8 heteroatoms. The SMILES string of the molecule is O=C(Nc1c(Cl)cc(F)cc1Br)c1cc(F)cnc1Cl. The van der Waals surface area contributed by atoms with E-state index in [9.17, 15) is 13.6 Å². The van der Waals surface area contributed by atoms with Gasteiger partial charge in [0.2, 0.25) is 0 Å². The fraction of sp³-hybridized carbons (Fsp3) is 0. The van der Waals surface area contributed by atoms with Crippen LogP contribution in [0.25, 0.3) is 0 Å². The first-order valence-electron chi connectivity index (χ1n) is 5.15. The molecule has 1 heterocycles. The zero-order valence-corrected chi connectivity index (χ0v) is 12.7. The molecule has 0 aliphatic carbocycles. The smallest absolute Gasteiger partial charge is 0.258 e. The number of anilines is 1. The standard InChI is InChI=1S/C12H5BrCl2F2N2O/c13-8-2-5(16)3-9(14)10(8)19-12(20)7-1-6(17)4-18-11(7)15/h1-4H,(H,19,20). The van der Waals surface area contributed by atoms with Crippen molar-refractivity contribution in [1.29, 1.82) is 0 Å². The van der Waals surface area contributed by atoms with Crippen LogP contribution in [0.15, 0.2) is 28.9 Å². The van der Waals surface area contributed by atoms with Crippen LogP contribution in [-0.2, 0) is 0 Å². The number of amides is 1. The van der Waals surface area contributed by atoms with Gasteiger partial charge in [0.1, 0.15) is 16.8 Å². The number of nitrogens with zero attached hydrogens (tertiary/aromatic N) is 1. The first-order valence-corrected chi connectivity index (χ1v) is 6.70. The van der Waals surface area contributed by atoms with Crippen molar-refractivity contribution in [3.8, 4) is 0 Å². The maximum atomic E-state index is 13.1. The highest BCUT2D eigenvalue weighted by Crippen LogP contribution is 2.32. The zero-order chi connectivity index (χ0) is 14.9. The van der Waals surface area contributed by atoms with Gasteiger partial charge in [0.25, 0.3) is 5.91 Å². The van der Waals surface area contributed by atoms with E-state index >= 15 is 0 Å². The van der Waals surface area contributed by atoms with Crippen LogP contribution in [-0.4, -0.2) is 10.9 Å².